The third kappa shape index (κ3) is 3.14. The van der Waals surface area contributed by atoms with E-state index in [1.807, 2.05) is 6.92 Å². The Bertz CT molecular complexity index is 703. The van der Waals surface area contributed by atoms with Gasteiger partial charge in [0.25, 0.3) is 10.0 Å². The molecule has 1 aromatic carbocycles. The molecule has 102 valence electrons. The van der Waals surface area contributed by atoms with Crippen molar-refractivity contribution in [3.8, 4) is 0 Å². The SMILES string of the molecule is Cc1ccc(S(=O)(=O)Nc2cc(Cl)c(N)c(Cl)c2)s1. The second kappa shape index (κ2) is 5.20. The number of aryl methyl sites for hydroxylation is 1. The minimum absolute atomic E-state index is 0.201. The number of hydrogen-bond donors (Lipinski definition) is 2. The smallest absolute Gasteiger partial charge is 0.271 e. The van der Waals surface area contributed by atoms with Gasteiger partial charge in [-0.3, -0.25) is 4.72 Å². The van der Waals surface area contributed by atoms with Crippen LogP contribution < -0.4 is 10.5 Å². The van der Waals surface area contributed by atoms with Crippen molar-refractivity contribution in [1.29, 1.82) is 0 Å². The fourth-order valence-corrected chi connectivity index (χ4v) is 4.22. The summed E-state index contributed by atoms with van der Waals surface area (Å²) in [6.07, 6.45) is 0. The lowest BCUT2D eigenvalue weighted by Crippen LogP contribution is -2.11. The summed E-state index contributed by atoms with van der Waals surface area (Å²) in [5.74, 6) is 0. The van der Waals surface area contributed by atoms with Crippen LogP contribution in [0.2, 0.25) is 10.0 Å². The molecule has 0 saturated heterocycles. The molecule has 19 heavy (non-hydrogen) atoms. The third-order valence-corrected chi connectivity index (χ3v) is 5.81. The first-order valence-corrected chi connectivity index (χ1v) is 8.19. The summed E-state index contributed by atoms with van der Waals surface area (Å²) < 4.78 is 26.9. The molecule has 4 nitrogen and oxygen atoms in total. The Morgan fingerprint density at radius 2 is 1.79 bits per heavy atom. The van der Waals surface area contributed by atoms with Gasteiger partial charge in [0.1, 0.15) is 4.21 Å². The molecule has 0 bridgehead atoms. The summed E-state index contributed by atoms with van der Waals surface area (Å²) in [5, 5.41) is 0.403. The molecule has 0 saturated carbocycles. The summed E-state index contributed by atoms with van der Waals surface area (Å²) in [7, 11) is -3.63. The van der Waals surface area contributed by atoms with Gasteiger partial charge in [0.05, 0.1) is 21.4 Å². The van der Waals surface area contributed by atoms with Crippen LogP contribution in [0.3, 0.4) is 0 Å². The van der Waals surface area contributed by atoms with E-state index in [2.05, 4.69) is 4.72 Å². The van der Waals surface area contributed by atoms with Gasteiger partial charge in [-0.2, -0.15) is 0 Å². The molecule has 1 heterocycles. The number of nitrogens with one attached hydrogen (secondary N) is 1. The van der Waals surface area contributed by atoms with E-state index in [1.165, 1.54) is 23.5 Å². The standard InChI is InChI=1S/C11H10Cl2N2O2S2/c1-6-2-3-10(18-6)19(16,17)15-7-4-8(12)11(14)9(13)5-7/h2-5,15H,14H2,1H3. The Morgan fingerprint density at radius 3 is 2.26 bits per heavy atom. The molecule has 0 spiro atoms. The Morgan fingerprint density at radius 1 is 1.21 bits per heavy atom. The van der Waals surface area contributed by atoms with Crippen LogP contribution >= 0.6 is 34.5 Å². The zero-order valence-corrected chi connectivity index (χ0v) is 12.9. The maximum absolute atomic E-state index is 12.1. The number of anilines is 2. The molecule has 0 aliphatic rings. The van der Waals surface area contributed by atoms with Gasteiger partial charge in [0.2, 0.25) is 0 Å². The molecule has 0 amide bonds. The van der Waals surface area contributed by atoms with Crippen LogP contribution in [0.25, 0.3) is 0 Å². The molecule has 0 aliphatic carbocycles. The summed E-state index contributed by atoms with van der Waals surface area (Å²) in [6.45, 7) is 1.83. The molecule has 0 fully saturated rings. The van der Waals surface area contributed by atoms with Gasteiger partial charge in [-0.15, -0.1) is 11.3 Å². The highest BCUT2D eigenvalue weighted by Crippen LogP contribution is 2.32. The summed E-state index contributed by atoms with van der Waals surface area (Å²) in [5.41, 5.74) is 6.08. The van der Waals surface area contributed by atoms with Crippen molar-refractivity contribution in [1.82, 2.24) is 0 Å². The van der Waals surface area contributed by atoms with Crippen LogP contribution in [-0.2, 0) is 10.0 Å². The van der Waals surface area contributed by atoms with E-state index < -0.39 is 10.0 Å². The number of sulfonamides is 1. The Kier molecular flexibility index (Phi) is 3.96. The van der Waals surface area contributed by atoms with Crippen LogP contribution in [0.1, 0.15) is 4.88 Å². The Balaban J connectivity index is 2.36. The average molecular weight is 337 g/mol. The van der Waals surface area contributed by atoms with Crippen LogP contribution in [0, 0.1) is 6.92 Å². The quantitative estimate of drug-likeness (QED) is 0.838. The molecule has 8 heteroatoms. The molecule has 1 aromatic heterocycles. The fourth-order valence-electron chi connectivity index (χ4n) is 1.41. The zero-order valence-electron chi connectivity index (χ0n) is 9.78. The van der Waals surface area contributed by atoms with Gasteiger partial charge >= 0.3 is 0 Å². The second-order valence-electron chi connectivity index (χ2n) is 3.82. The van der Waals surface area contributed by atoms with Gasteiger partial charge in [0, 0.05) is 4.88 Å². The molecule has 0 unspecified atom stereocenters. The third-order valence-electron chi connectivity index (χ3n) is 2.31. The molecule has 0 atom stereocenters. The highest BCUT2D eigenvalue weighted by molar-refractivity contribution is 7.94. The number of thiophene rings is 1. The van der Waals surface area contributed by atoms with Crippen molar-refractivity contribution in [3.05, 3.63) is 39.2 Å². The normalized spacial score (nSPS) is 11.5. The Labute approximate surface area is 125 Å². The number of nitrogens with two attached hydrogens (primary N) is 1. The second-order valence-corrected chi connectivity index (χ2v) is 7.84. The zero-order chi connectivity index (χ0) is 14.2. The van der Waals surface area contributed by atoms with Crippen molar-refractivity contribution < 1.29 is 8.42 Å². The van der Waals surface area contributed by atoms with Gasteiger partial charge in [-0.25, -0.2) is 8.42 Å². The average Bonchev–Trinajstić information content (AvgIpc) is 2.73. The first kappa shape index (κ1) is 14.5. The van der Waals surface area contributed by atoms with Gasteiger partial charge in [0.15, 0.2) is 0 Å². The summed E-state index contributed by atoms with van der Waals surface area (Å²) in [6, 6.07) is 6.12. The van der Waals surface area contributed by atoms with E-state index in [0.29, 0.717) is 0 Å². The highest BCUT2D eigenvalue weighted by Gasteiger charge is 2.17. The highest BCUT2D eigenvalue weighted by atomic mass is 35.5. The summed E-state index contributed by atoms with van der Waals surface area (Å²) in [4.78, 5) is 0.911. The maximum Gasteiger partial charge on any atom is 0.271 e. The van der Waals surface area contributed by atoms with Gasteiger partial charge < -0.3 is 5.73 Å². The van der Waals surface area contributed by atoms with E-state index in [4.69, 9.17) is 28.9 Å². The van der Waals surface area contributed by atoms with Gasteiger partial charge in [-0.1, -0.05) is 23.2 Å². The van der Waals surface area contributed by atoms with Crippen molar-refractivity contribution in [2.75, 3.05) is 10.5 Å². The number of benzene rings is 1. The van der Waals surface area contributed by atoms with Crippen molar-refractivity contribution >= 4 is 55.9 Å². The first-order chi connectivity index (χ1) is 8.79. The first-order valence-electron chi connectivity index (χ1n) is 5.13. The van der Waals surface area contributed by atoms with E-state index in [1.54, 1.807) is 12.1 Å². The molecular weight excluding hydrogens is 327 g/mol. The van der Waals surface area contributed by atoms with E-state index in [0.717, 1.165) is 4.88 Å². The minimum atomic E-state index is -3.63. The lowest BCUT2D eigenvalue weighted by Gasteiger charge is -2.09. The van der Waals surface area contributed by atoms with E-state index in [9.17, 15) is 8.42 Å². The van der Waals surface area contributed by atoms with Crippen LogP contribution in [0.15, 0.2) is 28.5 Å². The molecule has 3 N–H and O–H groups in total. The number of hydrogen-bond acceptors (Lipinski definition) is 4. The lowest BCUT2D eigenvalue weighted by molar-refractivity contribution is 0.603. The number of nitrogen functional groups attached to an aromatic ring is 1. The minimum Gasteiger partial charge on any atom is -0.396 e. The molecule has 0 aliphatic heterocycles. The van der Waals surface area contributed by atoms with Crippen LogP contribution in [0.4, 0.5) is 11.4 Å². The number of halogens is 2. The van der Waals surface area contributed by atoms with Crippen LogP contribution in [-0.4, -0.2) is 8.42 Å². The lowest BCUT2D eigenvalue weighted by atomic mass is 10.3. The predicted octanol–water partition coefficient (Wildman–Crippen LogP) is 3.75. The van der Waals surface area contributed by atoms with Crippen molar-refractivity contribution in [2.24, 2.45) is 0 Å². The van der Waals surface area contributed by atoms with E-state index >= 15 is 0 Å². The maximum atomic E-state index is 12.1. The number of rotatable bonds is 3. The predicted molar refractivity (Wildman–Crippen MR) is 80.7 cm³/mol. The molecular formula is C11H10Cl2N2O2S2. The summed E-state index contributed by atoms with van der Waals surface area (Å²) >= 11 is 12.9. The van der Waals surface area contributed by atoms with Gasteiger partial charge in [-0.05, 0) is 31.2 Å². The molecule has 0 radical (unpaired) electrons. The largest absolute Gasteiger partial charge is 0.396 e. The van der Waals surface area contributed by atoms with Crippen LogP contribution in [0.5, 0.6) is 0 Å². The Hall–Kier alpha value is -0.950. The molecule has 2 rings (SSSR count). The fraction of sp³-hybridized carbons (Fsp3) is 0.0909. The van der Waals surface area contributed by atoms with E-state index in [-0.39, 0.29) is 25.6 Å². The van der Waals surface area contributed by atoms with Crippen molar-refractivity contribution in [3.63, 3.8) is 0 Å². The topological polar surface area (TPSA) is 72.2 Å². The van der Waals surface area contributed by atoms with Crippen molar-refractivity contribution in [2.45, 2.75) is 11.1 Å². The monoisotopic (exact) mass is 336 g/mol. The molecule has 2 aromatic rings.